The fourth-order valence-electron chi connectivity index (χ4n) is 2.29. The number of nitrogens with zero attached hydrogens (tertiary/aromatic N) is 1. The van der Waals surface area contributed by atoms with Crippen molar-refractivity contribution in [1.29, 1.82) is 0 Å². The number of hydrogen-bond donors (Lipinski definition) is 5. The Kier molecular flexibility index (Phi) is 9.28. The largest absolute Gasteiger partial charge is 0.490 e. The maximum absolute atomic E-state index is 10.9. The Morgan fingerprint density at radius 3 is 2.13 bits per heavy atom. The van der Waals surface area contributed by atoms with Gasteiger partial charge in [0.15, 0.2) is 0 Å². The number of hydrogen-bond acceptors (Lipinski definition) is 6. The summed E-state index contributed by atoms with van der Waals surface area (Å²) in [4.78, 5) is 29.9. The van der Waals surface area contributed by atoms with Gasteiger partial charge in [-0.1, -0.05) is 24.3 Å². The van der Waals surface area contributed by atoms with Crippen molar-refractivity contribution >= 4 is 29.2 Å². The lowest BCUT2D eigenvalue weighted by molar-refractivity contribution is -0.192. The van der Waals surface area contributed by atoms with Crippen LogP contribution in [0, 0.1) is 0 Å². The number of para-hydroxylation sites is 1. The van der Waals surface area contributed by atoms with Crippen molar-refractivity contribution in [3.8, 4) is 0 Å². The fraction of sp³-hybridized carbons (Fsp3) is 0.211. The molecule has 0 fully saturated rings. The van der Waals surface area contributed by atoms with E-state index in [0.717, 1.165) is 24.3 Å². The van der Waals surface area contributed by atoms with Gasteiger partial charge in [-0.15, -0.1) is 0 Å². The number of primary amides is 1. The average Bonchev–Trinajstić information content (AvgIpc) is 3.08. The molecule has 2 aromatic rings. The average molecular weight is 442 g/mol. The summed E-state index contributed by atoms with van der Waals surface area (Å²) < 4.78 is 31.7. The highest BCUT2D eigenvalue weighted by Crippen LogP contribution is 2.26. The summed E-state index contributed by atoms with van der Waals surface area (Å²) in [7, 11) is 0. The number of alkyl halides is 3. The highest BCUT2D eigenvalue weighted by atomic mass is 19.4. The zero-order valence-electron chi connectivity index (χ0n) is 16.1. The third kappa shape index (κ3) is 9.04. The molecule has 1 heterocycles. The number of carboxylic acids is 2. The number of benzene rings is 2. The standard InChI is InChI=1S/C9H11N3O.C8H9NO2.C2HF3O2/c10-9(13)7-2-1-6-3-4-12(11)8(6)5-7;10-8(11)6-9-7-4-2-1-3-5-7;3-2(4,5)1(6)7/h1-2,5H,3-4,11H2,(H2,10,13);1-5,9H,6H2,(H,10,11);(H,6,7). The van der Waals surface area contributed by atoms with Gasteiger partial charge >= 0.3 is 18.1 Å². The zero-order chi connectivity index (χ0) is 23.6. The molecule has 1 aliphatic rings. The number of carboxylic acid groups (broad SMARTS) is 2. The molecule has 0 bridgehead atoms. The summed E-state index contributed by atoms with van der Waals surface area (Å²) in [5.74, 6) is 1.67. The van der Waals surface area contributed by atoms with Crippen LogP contribution in [0.4, 0.5) is 24.5 Å². The molecule has 0 radical (unpaired) electrons. The van der Waals surface area contributed by atoms with E-state index in [1.165, 1.54) is 5.56 Å². The maximum atomic E-state index is 10.9. The van der Waals surface area contributed by atoms with E-state index in [4.69, 9.17) is 26.6 Å². The molecular weight excluding hydrogens is 421 g/mol. The second-order valence-corrected chi connectivity index (χ2v) is 6.07. The van der Waals surface area contributed by atoms with Gasteiger partial charge in [-0.2, -0.15) is 13.2 Å². The molecule has 7 N–H and O–H groups in total. The number of nitrogens with one attached hydrogen (secondary N) is 1. The van der Waals surface area contributed by atoms with Crippen LogP contribution in [0.25, 0.3) is 0 Å². The number of amides is 1. The topological polar surface area (TPSA) is 159 Å². The third-order valence-corrected chi connectivity index (χ3v) is 3.76. The molecule has 31 heavy (non-hydrogen) atoms. The second-order valence-electron chi connectivity index (χ2n) is 6.07. The Balaban J connectivity index is 0.000000245. The van der Waals surface area contributed by atoms with E-state index >= 15 is 0 Å². The Hall–Kier alpha value is -3.80. The molecule has 0 aliphatic carbocycles. The predicted octanol–water partition coefficient (Wildman–Crippen LogP) is 1.84. The molecular formula is C19H21F3N4O5. The van der Waals surface area contributed by atoms with Crippen LogP contribution in [0.15, 0.2) is 48.5 Å². The Bertz CT molecular complexity index is 907. The zero-order valence-corrected chi connectivity index (χ0v) is 16.1. The van der Waals surface area contributed by atoms with Gasteiger partial charge in [0, 0.05) is 17.8 Å². The number of carbonyl (C=O) groups is 3. The first kappa shape index (κ1) is 25.2. The molecule has 0 saturated carbocycles. The van der Waals surface area contributed by atoms with Crippen LogP contribution < -0.4 is 21.9 Å². The number of rotatable bonds is 4. The van der Waals surface area contributed by atoms with Crippen molar-refractivity contribution in [3.63, 3.8) is 0 Å². The van der Waals surface area contributed by atoms with Crippen molar-refractivity contribution in [3.05, 3.63) is 59.7 Å². The van der Waals surface area contributed by atoms with Gasteiger partial charge in [0.05, 0.1) is 5.69 Å². The quantitative estimate of drug-likeness (QED) is 0.449. The van der Waals surface area contributed by atoms with Gasteiger partial charge in [-0.3, -0.25) is 9.59 Å². The van der Waals surface area contributed by atoms with E-state index in [1.807, 2.05) is 36.4 Å². The van der Waals surface area contributed by atoms with E-state index < -0.39 is 24.0 Å². The fourth-order valence-corrected chi connectivity index (χ4v) is 2.29. The SMILES string of the molecule is NC(=O)c1ccc2c(c1)N(N)CC2.O=C(O)C(F)(F)F.O=C(O)CNc1ccccc1. The van der Waals surface area contributed by atoms with Crippen LogP contribution in [-0.2, 0) is 16.0 Å². The van der Waals surface area contributed by atoms with Crippen molar-refractivity contribution in [1.82, 2.24) is 0 Å². The van der Waals surface area contributed by atoms with Crippen LogP contribution in [0.1, 0.15) is 15.9 Å². The van der Waals surface area contributed by atoms with E-state index in [2.05, 4.69) is 5.32 Å². The first-order valence-corrected chi connectivity index (χ1v) is 8.67. The van der Waals surface area contributed by atoms with Gasteiger partial charge in [-0.05, 0) is 36.2 Å². The van der Waals surface area contributed by atoms with Crippen LogP contribution >= 0.6 is 0 Å². The van der Waals surface area contributed by atoms with Crippen LogP contribution in [0.3, 0.4) is 0 Å². The Morgan fingerprint density at radius 1 is 1.06 bits per heavy atom. The molecule has 1 aliphatic heterocycles. The molecule has 9 nitrogen and oxygen atoms in total. The maximum Gasteiger partial charge on any atom is 0.490 e. The van der Waals surface area contributed by atoms with Crippen molar-refractivity contribution in [2.45, 2.75) is 12.6 Å². The number of fused-ring (bicyclic) bond motifs is 1. The van der Waals surface area contributed by atoms with Crippen LogP contribution in [0.2, 0.25) is 0 Å². The van der Waals surface area contributed by atoms with E-state index in [0.29, 0.717) is 5.56 Å². The molecule has 0 aromatic heterocycles. The molecule has 168 valence electrons. The van der Waals surface area contributed by atoms with E-state index in [1.54, 1.807) is 17.1 Å². The molecule has 2 aromatic carbocycles. The lowest BCUT2D eigenvalue weighted by atomic mass is 10.1. The smallest absolute Gasteiger partial charge is 0.480 e. The lowest BCUT2D eigenvalue weighted by Gasteiger charge is -2.11. The molecule has 3 rings (SSSR count). The van der Waals surface area contributed by atoms with Gasteiger partial charge in [0.1, 0.15) is 6.54 Å². The summed E-state index contributed by atoms with van der Waals surface area (Å²) >= 11 is 0. The Labute approximate surface area is 175 Å². The normalized spacial score (nSPS) is 11.8. The van der Waals surface area contributed by atoms with Gasteiger partial charge in [0.2, 0.25) is 5.91 Å². The number of aliphatic carboxylic acids is 2. The molecule has 0 spiro atoms. The number of halogens is 3. The van der Waals surface area contributed by atoms with Crippen molar-refractivity contribution < 1.29 is 37.8 Å². The predicted molar refractivity (Wildman–Crippen MR) is 106 cm³/mol. The molecule has 12 heteroatoms. The highest BCUT2D eigenvalue weighted by molar-refractivity contribution is 5.94. The minimum Gasteiger partial charge on any atom is -0.480 e. The minimum absolute atomic E-state index is 0.0377. The van der Waals surface area contributed by atoms with Gasteiger partial charge < -0.3 is 26.3 Å². The monoisotopic (exact) mass is 442 g/mol. The molecule has 0 saturated heterocycles. The van der Waals surface area contributed by atoms with Crippen molar-refractivity contribution in [2.75, 3.05) is 23.4 Å². The highest BCUT2D eigenvalue weighted by Gasteiger charge is 2.38. The lowest BCUT2D eigenvalue weighted by Crippen LogP contribution is -2.28. The molecule has 0 unspecified atom stereocenters. The minimum atomic E-state index is -5.08. The van der Waals surface area contributed by atoms with Gasteiger partial charge in [0.25, 0.3) is 0 Å². The van der Waals surface area contributed by atoms with Crippen LogP contribution in [0.5, 0.6) is 0 Å². The first-order chi connectivity index (χ1) is 14.4. The summed E-state index contributed by atoms with van der Waals surface area (Å²) in [6, 6.07) is 14.6. The Morgan fingerprint density at radius 2 is 1.65 bits per heavy atom. The first-order valence-electron chi connectivity index (χ1n) is 8.67. The summed E-state index contributed by atoms with van der Waals surface area (Å²) in [6.07, 6.45) is -4.15. The second kappa shape index (κ2) is 11.4. The number of anilines is 2. The molecule has 1 amide bonds. The van der Waals surface area contributed by atoms with Gasteiger partial charge in [-0.25, -0.2) is 10.6 Å². The number of nitrogens with two attached hydrogens (primary N) is 2. The van der Waals surface area contributed by atoms with Crippen molar-refractivity contribution in [2.24, 2.45) is 11.6 Å². The summed E-state index contributed by atoms with van der Waals surface area (Å²) in [5.41, 5.74) is 8.58. The summed E-state index contributed by atoms with van der Waals surface area (Å²) in [6.45, 7) is 0.765. The third-order valence-electron chi connectivity index (χ3n) is 3.76. The van der Waals surface area contributed by atoms with E-state index in [-0.39, 0.29) is 6.54 Å². The molecule has 0 atom stereocenters. The number of hydrazine groups is 1. The summed E-state index contributed by atoms with van der Waals surface area (Å²) in [5, 5.41) is 19.8. The number of carbonyl (C=O) groups excluding carboxylic acids is 1. The van der Waals surface area contributed by atoms with E-state index in [9.17, 15) is 22.8 Å². The van der Waals surface area contributed by atoms with Crippen LogP contribution in [-0.4, -0.2) is 47.3 Å².